The maximum atomic E-state index is 12.5. The zero-order valence-electron chi connectivity index (χ0n) is 14.9. The summed E-state index contributed by atoms with van der Waals surface area (Å²) in [7, 11) is 0. The first-order valence-electron chi connectivity index (χ1n) is 8.33. The van der Waals surface area contributed by atoms with Crippen molar-refractivity contribution >= 4 is 29.3 Å². The number of furan rings is 1. The van der Waals surface area contributed by atoms with Crippen molar-refractivity contribution in [2.75, 3.05) is 5.32 Å². The number of carbonyl (C=O) groups excluding carboxylic acids is 1. The molecule has 0 bridgehead atoms. The predicted octanol–water partition coefficient (Wildman–Crippen LogP) is 5.76. The molecule has 27 heavy (non-hydrogen) atoms. The van der Waals surface area contributed by atoms with E-state index < -0.39 is 5.91 Å². The highest BCUT2D eigenvalue weighted by Crippen LogP contribution is 2.26. The highest BCUT2D eigenvalue weighted by molar-refractivity contribution is 6.30. The van der Waals surface area contributed by atoms with E-state index in [0.717, 1.165) is 16.7 Å². The van der Waals surface area contributed by atoms with E-state index in [1.165, 1.54) is 6.08 Å². The molecular formula is C22H17ClN2O2. The molecule has 1 aromatic heterocycles. The Morgan fingerprint density at radius 1 is 1.15 bits per heavy atom. The van der Waals surface area contributed by atoms with Gasteiger partial charge in [-0.15, -0.1) is 0 Å². The molecular weight excluding hydrogens is 360 g/mol. The van der Waals surface area contributed by atoms with Crippen molar-refractivity contribution in [2.24, 2.45) is 0 Å². The van der Waals surface area contributed by atoms with Crippen molar-refractivity contribution < 1.29 is 9.21 Å². The third-order valence-electron chi connectivity index (χ3n) is 4.24. The van der Waals surface area contributed by atoms with Gasteiger partial charge in [-0.2, -0.15) is 5.26 Å². The summed E-state index contributed by atoms with van der Waals surface area (Å²) in [6.45, 7) is 3.89. The van der Waals surface area contributed by atoms with Crippen LogP contribution in [0.15, 0.2) is 64.6 Å². The Morgan fingerprint density at radius 2 is 1.93 bits per heavy atom. The summed E-state index contributed by atoms with van der Waals surface area (Å²) in [5.74, 6) is 0.542. The van der Waals surface area contributed by atoms with E-state index in [1.807, 2.05) is 44.2 Å². The summed E-state index contributed by atoms with van der Waals surface area (Å²) < 4.78 is 5.73. The van der Waals surface area contributed by atoms with Gasteiger partial charge in [-0.3, -0.25) is 4.79 Å². The van der Waals surface area contributed by atoms with Gasteiger partial charge in [0.15, 0.2) is 0 Å². The van der Waals surface area contributed by atoms with E-state index >= 15 is 0 Å². The minimum atomic E-state index is -0.480. The van der Waals surface area contributed by atoms with Gasteiger partial charge in [-0.05, 0) is 55.3 Å². The number of nitrogens with one attached hydrogen (secondary N) is 1. The molecule has 0 fully saturated rings. The maximum absolute atomic E-state index is 12.5. The standard InChI is InChI=1S/C22H17ClN2O2/c1-14-5-3-8-20(15(14)2)25-22(26)17(13-24)12-19-9-10-21(27-19)16-6-4-7-18(23)11-16/h3-12H,1-2H3,(H,25,26)/b17-12+. The van der Waals surface area contributed by atoms with Crippen LogP contribution >= 0.6 is 11.6 Å². The first kappa shape index (κ1) is 18.5. The lowest BCUT2D eigenvalue weighted by molar-refractivity contribution is -0.112. The Kier molecular flexibility index (Phi) is 5.44. The minimum Gasteiger partial charge on any atom is -0.457 e. The van der Waals surface area contributed by atoms with Gasteiger partial charge >= 0.3 is 0 Å². The predicted molar refractivity (Wildman–Crippen MR) is 107 cm³/mol. The highest BCUT2D eigenvalue weighted by Gasteiger charge is 2.13. The second kappa shape index (κ2) is 7.94. The lowest BCUT2D eigenvalue weighted by Gasteiger charge is -2.09. The average Bonchev–Trinajstić information content (AvgIpc) is 3.12. The number of amides is 1. The first-order valence-corrected chi connectivity index (χ1v) is 8.71. The second-order valence-electron chi connectivity index (χ2n) is 6.08. The SMILES string of the molecule is Cc1cccc(NC(=O)/C(C#N)=C/c2ccc(-c3cccc(Cl)c3)o2)c1C. The minimum absolute atomic E-state index is 0.0390. The number of benzene rings is 2. The van der Waals surface area contributed by atoms with Crippen molar-refractivity contribution in [3.8, 4) is 17.4 Å². The van der Waals surface area contributed by atoms with Crippen LogP contribution in [0.3, 0.4) is 0 Å². The van der Waals surface area contributed by atoms with Crippen LogP contribution in [0.5, 0.6) is 0 Å². The molecule has 0 aliphatic heterocycles. The fourth-order valence-electron chi connectivity index (χ4n) is 2.59. The van der Waals surface area contributed by atoms with E-state index in [4.69, 9.17) is 16.0 Å². The third kappa shape index (κ3) is 4.28. The van der Waals surface area contributed by atoms with Gasteiger partial charge in [-0.25, -0.2) is 0 Å². The van der Waals surface area contributed by atoms with Gasteiger partial charge in [0, 0.05) is 22.3 Å². The molecule has 1 amide bonds. The van der Waals surface area contributed by atoms with Crippen LogP contribution < -0.4 is 5.32 Å². The molecule has 0 saturated heterocycles. The molecule has 0 spiro atoms. The number of hydrogen-bond acceptors (Lipinski definition) is 3. The van der Waals surface area contributed by atoms with Crippen molar-refractivity contribution in [1.29, 1.82) is 5.26 Å². The van der Waals surface area contributed by atoms with Crippen molar-refractivity contribution in [3.63, 3.8) is 0 Å². The number of nitriles is 1. The number of aryl methyl sites for hydroxylation is 1. The van der Waals surface area contributed by atoms with Crippen LogP contribution in [0.2, 0.25) is 5.02 Å². The van der Waals surface area contributed by atoms with Crippen LogP contribution in [0.4, 0.5) is 5.69 Å². The van der Waals surface area contributed by atoms with Crippen molar-refractivity contribution in [1.82, 2.24) is 0 Å². The zero-order valence-corrected chi connectivity index (χ0v) is 15.7. The van der Waals surface area contributed by atoms with Crippen LogP contribution in [0.25, 0.3) is 17.4 Å². The molecule has 1 N–H and O–H groups in total. The van der Waals surface area contributed by atoms with Crippen LogP contribution in [0.1, 0.15) is 16.9 Å². The van der Waals surface area contributed by atoms with Crippen molar-refractivity contribution in [3.05, 3.63) is 82.1 Å². The van der Waals surface area contributed by atoms with Crippen LogP contribution in [-0.2, 0) is 4.79 Å². The average molecular weight is 377 g/mol. The first-order chi connectivity index (χ1) is 13.0. The molecule has 2 aromatic carbocycles. The Balaban J connectivity index is 1.83. The topological polar surface area (TPSA) is 66.0 Å². The third-order valence-corrected chi connectivity index (χ3v) is 4.48. The molecule has 0 aliphatic carbocycles. The fraction of sp³-hybridized carbons (Fsp3) is 0.0909. The molecule has 3 rings (SSSR count). The summed E-state index contributed by atoms with van der Waals surface area (Å²) in [5.41, 5.74) is 3.49. The summed E-state index contributed by atoms with van der Waals surface area (Å²) in [6, 6.07) is 18.3. The quantitative estimate of drug-likeness (QED) is 0.464. The number of hydrogen-bond donors (Lipinski definition) is 1. The van der Waals surface area contributed by atoms with E-state index in [1.54, 1.807) is 30.3 Å². The molecule has 0 saturated carbocycles. The second-order valence-corrected chi connectivity index (χ2v) is 6.52. The van der Waals surface area contributed by atoms with Gasteiger partial charge in [0.1, 0.15) is 23.2 Å². The zero-order chi connectivity index (χ0) is 19.4. The lowest BCUT2D eigenvalue weighted by atomic mass is 10.1. The molecule has 134 valence electrons. The molecule has 0 unspecified atom stereocenters. The molecule has 0 radical (unpaired) electrons. The number of carbonyl (C=O) groups is 1. The summed E-state index contributed by atoms with van der Waals surface area (Å²) in [4.78, 5) is 12.5. The van der Waals surface area contributed by atoms with Crippen molar-refractivity contribution in [2.45, 2.75) is 13.8 Å². The van der Waals surface area contributed by atoms with Crippen LogP contribution in [0, 0.1) is 25.2 Å². The maximum Gasteiger partial charge on any atom is 0.266 e. The number of anilines is 1. The monoisotopic (exact) mass is 376 g/mol. The summed E-state index contributed by atoms with van der Waals surface area (Å²) in [5, 5.41) is 12.8. The smallest absolute Gasteiger partial charge is 0.266 e. The summed E-state index contributed by atoms with van der Waals surface area (Å²) in [6.07, 6.45) is 1.43. The molecule has 5 heteroatoms. The normalized spacial score (nSPS) is 11.1. The Morgan fingerprint density at radius 3 is 2.67 bits per heavy atom. The lowest BCUT2D eigenvalue weighted by Crippen LogP contribution is -2.14. The van der Waals surface area contributed by atoms with E-state index in [0.29, 0.717) is 22.2 Å². The summed E-state index contributed by atoms with van der Waals surface area (Å²) >= 11 is 6.00. The van der Waals surface area contributed by atoms with E-state index in [2.05, 4.69) is 5.32 Å². The highest BCUT2D eigenvalue weighted by atomic mass is 35.5. The molecule has 1 heterocycles. The number of halogens is 1. The molecule has 4 nitrogen and oxygen atoms in total. The van der Waals surface area contributed by atoms with Gasteiger partial charge in [-0.1, -0.05) is 35.9 Å². The van der Waals surface area contributed by atoms with Crippen LogP contribution in [-0.4, -0.2) is 5.91 Å². The van der Waals surface area contributed by atoms with Gasteiger partial charge < -0.3 is 9.73 Å². The fourth-order valence-corrected chi connectivity index (χ4v) is 2.78. The van der Waals surface area contributed by atoms with E-state index in [9.17, 15) is 10.1 Å². The molecule has 0 aliphatic rings. The molecule has 3 aromatic rings. The van der Waals surface area contributed by atoms with Gasteiger partial charge in [0.05, 0.1) is 0 Å². The Labute approximate surface area is 162 Å². The Bertz CT molecular complexity index is 1070. The van der Waals surface area contributed by atoms with Gasteiger partial charge in [0.25, 0.3) is 5.91 Å². The van der Waals surface area contributed by atoms with E-state index in [-0.39, 0.29) is 5.57 Å². The number of rotatable bonds is 4. The van der Waals surface area contributed by atoms with Gasteiger partial charge in [0.2, 0.25) is 0 Å². The molecule has 0 atom stereocenters. The Hall–Kier alpha value is -3.29. The largest absolute Gasteiger partial charge is 0.457 e. The number of nitrogens with zero attached hydrogens (tertiary/aromatic N) is 1.